The average Bonchev–Trinajstić information content (AvgIpc) is 3.27. The fourth-order valence-corrected chi connectivity index (χ4v) is 5.44. The molecule has 1 fully saturated rings. The fourth-order valence-electron chi connectivity index (χ4n) is 4.94. The monoisotopic (exact) mass is 501 g/mol. The number of nitrogens with one attached hydrogen (secondary N) is 1. The van der Waals surface area contributed by atoms with Gasteiger partial charge >= 0.3 is 0 Å². The summed E-state index contributed by atoms with van der Waals surface area (Å²) in [5.74, 6) is 0.749. The van der Waals surface area contributed by atoms with Crippen molar-refractivity contribution in [1.29, 1.82) is 5.26 Å². The number of hydrogen-bond donors (Lipinski definition) is 1. The summed E-state index contributed by atoms with van der Waals surface area (Å²) < 4.78 is 0. The van der Waals surface area contributed by atoms with Gasteiger partial charge in [-0.2, -0.15) is 5.26 Å². The fraction of sp³-hybridized carbons (Fsp3) is 0.214. The highest BCUT2D eigenvalue weighted by Crippen LogP contribution is 2.36. The third kappa shape index (κ3) is 4.48. The predicted octanol–water partition coefficient (Wildman–Crippen LogP) is 7.20. The van der Waals surface area contributed by atoms with E-state index in [1.54, 1.807) is 18.5 Å². The van der Waals surface area contributed by atoms with E-state index in [4.69, 9.17) is 23.2 Å². The van der Waals surface area contributed by atoms with Gasteiger partial charge in [0.1, 0.15) is 11.9 Å². The maximum atomic E-state index is 9.60. The van der Waals surface area contributed by atoms with E-state index in [2.05, 4.69) is 82.3 Å². The zero-order chi connectivity index (χ0) is 24.5. The van der Waals surface area contributed by atoms with E-state index in [1.807, 2.05) is 0 Å². The average molecular weight is 502 g/mol. The first-order chi connectivity index (χ1) is 17.0. The van der Waals surface area contributed by atoms with Gasteiger partial charge in [-0.1, -0.05) is 47.5 Å². The first-order valence-corrected chi connectivity index (χ1v) is 12.3. The summed E-state index contributed by atoms with van der Waals surface area (Å²) in [5, 5.41) is 11.6. The van der Waals surface area contributed by atoms with Crippen LogP contribution in [-0.4, -0.2) is 30.1 Å². The molecule has 4 aromatic rings. The number of benzene rings is 2. The van der Waals surface area contributed by atoms with Crippen LogP contribution in [0, 0.1) is 18.3 Å². The molecule has 0 radical (unpaired) electrons. The molecule has 0 unspecified atom stereocenters. The van der Waals surface area contributed by atoms with Gasteiger partial charge in [-0.3, -0.25) is 0 Å². The van der Waals surface area contributed by atoms with E-state index >= 15 is 0 Å². The van der Waals surface area contributed by atoms with Crippen LogP contribution in [-0.2, 0) is 0 Å². The number of nitriles is 1. The second-order valence-corrected chi connectivity index (χ2v) is 9.70. The number of aromatic amines is 1. The summed E-state index contributed by atoms with van der Waals surface area (Å²) in [4.78, 5) is 12.2. The molecule has 1 aliphatic rings. The van der Waals surface area contributed by atoms with E-state index in [-0.39, 0.29) is 0 Å². The van der Waals surface area contributed by atoms with Gasteiger partial charge in [0.15, 0.2) is 0 Å². The Morgan fingerprint density at radius 3 is 2.77 bits per heavy atom. The Morgan fingerprint density at radius 1 is 1.17 bits per heavy atom. The standard InChI is InChI=1S/C28H25Cl2N5/c1-18-6-3-4-8-26(18)34(2)27(19-9-10-25-23(12-19)21(14-31)15-32-25)20-7-5-11-35(17-20)28-24(30)13-22(29)16-33-28/h3-4,6,8-10,12-13,15-16,32H,5,7,11,17H2,1-2H3/b27-20+. The molecule has 0 aliphatic carbocycles. The lowest BCUT2D eigenvalue weighted by molar-refractivity contribution is 0.670. The van der Waals surface area contributed by atoms with Crippen LogP contribution in [0.5, 0.6) is 0 Å². The third-order valence-corrected chi connectivity index (χ3v) is 7.08. The molecule has 5 rings (SSSR count). The van der Waals surface area contributed by atoms with Gasteiger partial charge in [0, 0.05) is 54.8 Å². The molecule has 0 spiro atoms. The number of hydrogen-bond acceptors (Lipinski definition) is 4. The van der Waals surface area contributed by atoms with Crippen molar-refractivity contribution >= 4 is 51.3 Å². The van der Waals surface area contributed by atoms with Crippen molar-refractivity contribution in [1.82, 2.24) is 9.97 Å². The molecule has 0 amide bonds. The van der Waals surface area contributed by atoms with Crippen molar-refractivity contribution in [2.75, 3.05) is 29.9 Å². The smallest absolute Gasteiger partial charge is 0.147 e. The zero-order valence-corrected chi connectivity index (χ0v) is 21.2. The van der Waals surface area contributed by atoms with Crippen LogP contribution in [0.4, 0.5) is 11.5 Å². The van der Waals surface area contributed by atoms with Crippen molar-refractivity contribution in [2.45, 2.75) is 19.8 Å². The SMILES string of the molecule is Cc1ccccc1N(C)/C(=C1\CCCN(c2ncc(Cl)cc2Cl)C1)c1ccc2[nH]cc(C#N)c2c1. The molecule has 5 nitrogen and oxygen atoms in total. The molecule has 176 valence electrons. The minimum atomic E-state index is 0.527. The van der Waals surface area contributed by atoms with E-state index in [0.29, 0.717) is 22.2 Å². The highest BCUT2D eigenvalue weighted by Gasteiger charge is 2.24. The first-order valence-electron chi connectivity index (χ1n) is 11.5. The van der Waals surface area contributed by atoms with Crippen LogP contribution in [0.1, 0.15) is 29.5 Å². The second kappa shape index (κ2) is 9.65. The first kappa shape index (κ1) is 23.3. The molecular weight excluding hydrogens is 477 g/mol. The second-order valence-electron chi connectivity index (χ2n) is 8.86. The Balaban J connectivity index is 1.66. The van der Waals surface area contributed by atoms with Crippen molar-refractivity contribution < 1.29 is 0 Å². The van der Waals surface area contributed by atoms with Crippen LogP contribution in [0.3, 0.4) is 0 Å². The quantitative estimate of drug-likeness (QED) is 0.321. The van der Waals surface area contributed by atoms with Gasteiger partial charge in [-0.25, -0.2) is 4.98 Å². The number of piperidine rings is 1. The highest BCUT2D eigenvalue weighted by molar-refractivity contribution is 6.36. The van der Waals surface area contributed by atoms with Crippen LogP contribution in [0.25, 0.3) is 16.6 Å². The summed E-state index contributed by atoms with van der Waals surface area (Å²) in [6, 6.07) is 18.7. The Hall–Kier alpha value is -3.46. The van der Waals surface area contributed by atoms with Crippen LogP contribution < -0.4 is 9.80 Å². The number of para-hydroxylation sites is 1. The van der Waals surface area contributed by atoms with Gasteiger partial charge in [-0.15, -0.1) is 0 Å². The molecular formula is C28H25Cl2N5. The molecule has 2 aromatic carbocycles. The number of fused-ring (bicyclic) bond motifs is 1. The number of H-pyrrole nitrogens is 1. The molecule has 1 N–H and O–H groups in total. The molecule has 0 bridgehead atoms. The summed E-state index contributed by atoms with van der Waals surface area (Å²) in [7, 11) is 2.11. The topological polar surface area (TPSA) is 58.9 Å². The summed E-state index contributed by atoms with van der Waals surface area (Å²) >= 11 is 12.6. The van der Waals surface area contributed by atoms with Gasteiger partial charge in [0.05, 0.1) is 15.6 Å². The minimum Gasteiger partial charge on any atom is -0.360 e. The molecule has 3 heterocycles. The van der Waals surface area contributed by atoms with Gasteiger partial charge in [-0.05, 0) is 60.7 Å². The molecule has 1 saturated heterocycles. The number of aromatic nitrogens is 2. The number of pyridine rings is 1. The number of halogens is 2. The maximum Gasteiger partial charge on any atom is 0.147 e. The normalized spacial score (nSPS) is 15.2. The van der Waals surface area contributed by atoms with Gasteiger partial charge in [0.25, 0.3) is 0 Å². The minimum absolute atomic E-state index is 0.527. The molecule has 0 atom stereocenters. The largest absolute Gasteiger partial charge is 0.360 e. The molecule has 35 heavy (non-hydrogen) atoms. The van der Waals surface area contributed by atoms with Gasteiger partial charge in [0.2, 0.25) is 0 Å². The Kier molecular flexibility index (Phi) is 6.42. The van der Waals surface area contributed by atoms with E-state index in [9.17, 15) is 5.26 Å². The van der Waals surface area contributed by atoms with Crippen LogP contribution in [0.15, 0.2) is 66.5 Å². The van der Waals surface area contributed by atoms with Crippen molar-refractivity contribution in [3.63, 3.8) is 0 Å². The molecule has 7 heteroatoms. The predicted molar refractivity (Wildman–Crippen MR) is 145 cm³/mol. The van der Waals surface area contributed by atoms with Crippen LogP contribution >= 0.6 is 23.2 Å². The lowest BCUT2D eigenvalue weighted by atomic mass is 9.96. The highest BCUT2D eigenvalue weighted by atomic mass is 35.5. The van der Waals surface area contributed by atoms with E-state index in [0.717, 1.165) is 53.1 Å². The van der Waals surface area contributed by atoms with Crippen LogP contribution in [0.2, 0.25) is 10.0 Å². The summed E-state index contributed by atoms with van der Waals surface area (Å²) in [5.41, 5.74) is 7.45. The third-order valence-electron chi connectivity index (χ3n) is 6.60. The Bertz CT molecular complexity index is 1480. The van der Waals surface area contributed by atoms with E-state index in [1.165, 1.54) is 11.1 Å². The summed E-state index contributed by atoms with van der Waals surface area (Å²) in [6.45, 7) is 3.70. The summed E-state index contributed by atoms with van der Waals surface area (Å²) in [6.07, 6.45) is 5.35. The number of anilines is 2. The van der Waals surface area contributed by atoms with Crippen molar-refractivity contribution in [2.24, 2.45) is 0 Å². The Labute approximate surface area is 215 Å². The zero-order valence-electron chi connectivity index (χ0n) is 19.6. The van der Waals surface area contributed by atoms with E-state index < -0.39 is 0 Å². The lowest BCUT2D eigenvalue weighted by Gasteiger charge is -2.35. The molecule has 0 saturated carbocycles. The number of aryl methyl sites for hydroxylation is 1. The molecule has 2 aromatic heterocycles. The Morgan fingerprint density at radius 2 is 2.00 bits per heavy atom. The lowest BCUT2D eigenvalue weighted by Crippen LogP contribution is -2.34. The number of rotatable bonds is 4. The number of nitrogens with zero attached hydrogens (tertiary/aromatic N) is 4. The van der Waals surface area contributed by atoms with Crippen molar-refractivity contribution in [3.05, 3.63) is 93.2 Å². The maximum absolute atomic E-state index is 9.60. The van der Waals surface area contributed by atoms with Gasteiger partial charge < -0.3 is 14.8 Å². The molecule has 1 aliphatic heterocycles. The van der Waals surface area contributed by atoms with Crippen molar-refractivity contribution in [3.8, 4) is 6.07 Å².